The molecular weight excluding hydrogens is 440 g/mol. The molecule has 9 heteroatoms. The number of amides is 2. The van der Waals surface area contributed by atoms with Crippen LogP contribution < -0.4 is 15.5 Å². The molecular formula is C24H27ClN6O2. The number of nitrogens with zero attached hydrogens (tertiary/aromatic N) is 4. The Hall–Kier alpha value is -3.23. The lowest BCUT2D eigenvalue weighted by atomic mass is 10.1. The smallest absolute Gasteiger partial charge is 0.324 e. The van der Waals surface area contributed by atoms with Crippen molar-refractivity contribution in [3.8, 4) is 11.3 Å². The Balaban J connectivity index is 1.46. The highest BCUT2D eigenvalue weighted by atomic mass is 35.5. The van der Waals surface area contributed by atoms with Gasteiger partial charge in [0.25, 0.3) is 0 Å². The van der Waals surface area contributed by atoms with Crippen molar-refractivity contribution < 1.29 is 9.90 Å². The van der Waals surface area contributed by atoms with Crippen molar-refractivity contribution in [3.05, 3.63) is 60.2 Å². The molecule has 0 fully saturated rings. The molecule has 0 aliphatic carbocycles. The molecule has 3 heterocycles. The number of pyridine rings is 1. The number of nitrogens with one attached hydrogen (secondary N) is 2. The summed E-state index contributed by atoms with van der Waals surface area (Å²) in [4.78, 5) is 27.3. The van der Waals surface area contributed by atoms with Gasteiger partial charge in [-0.2, -0.15) is 0 Å². The van der Waals surface area contributed by atoms with Gasteiger partial charge in [-0.05, 0) is 49.6 Å². The average Bonchev–Trinajstić information content (AvgIpc) is 3.23. The van der Waals surface area contributed by atoms with Crippen LogP contribution in [0.15, 0.2) is 48.9 Å². The van der Waals surface area contributed by atoms with Gasteiger partial charge in [-0.1, -0.05) is 31.0 Å². The highest BCUT2D eigenvalue weighted by Crippen LogP contribution is 2.35. The molecule has 0 bridgehead atoms. The number of aromatic nitrogens is 3. The van der Waals surface area contributed by atoms with E-state index < -0.39 is 17.6 Å². The van der Waals surface area contributed by atoms with Crippen LogP contribution in [0.4, 0.5) is 22.0 Å². The maximum Gasteiger partial charge on any atom is 0.324 e. The number of carbonyl (C=O) groups is 1. The first-order valence-electron chi connectivity index (χ1n) is 11.0. The summed E-state index contributed by atoms with van der Waals surface area (Å²) >= 11 is 6.54. The van der Waals surface area contributed by atoms with E-state index in [0.717, 1.165) is 41.9 Å². The van der Waals surface area contributed by atoms with E-state index in [-0.39, 0.29) is 0 Å². The minimum absolute atomic E-state index is 0.343. The Bertz CT molecular complexity index is 1120. The first-order chi connectivity index (χ1) is 15.9. The number of aliphatic hydroxyl groups excluding tert-OH is 1. The van der Waals surface area contributed by atoms with Crippen LogP contribution in [0.25, 0.3) is 11.3 Å². The first-order valence-corrected chi connectivity index (χ1v) is 11.4. The molecule has 3 N–H and O–H groups in total. The van der Waals surface area contributed by atoms with Crippen molar-refractivity contribution >= 4 is 34.8 Å². The summed E-state index contributed by atoms with van der Waals surface area (Å²) in [5, 5.41) is 15.7. The molecule has 2 unspecified atom stereocenters. The number of benzene rings is 1. The molecule has 4 rings (SSSR count). The van der Waals surface area contributed by atoms with Gasteiger partial charge in [0.05, 0.1) is 36.1 Å². The summed E-state index contributed by atoms with van der Waals surface area (Å²) < 4.78 is 0. The number of alkyl halides is 1. The van der Waals surface area contributed by atoms with Gasteiger partial charge >= 0.3 is 6.03 Å². The van der Waals surface area contributed by atoms with E-state index in [2.05, 4.69) is 36.6 Å². The lowest BCUT2D eigenvalue weighted by molar-refractivity contribution is 0.156. The van der Waals surface area contributed by atoms with Gasteiger partial charge in [0.1, 0.15) is 5.50 Å². The molecule has 172 valence electrons. The molecule has 0 radical (unpaired) electrons. The number of aryl methyl sites for hydroxylation is 1. The molecule has 1 aromatic carbocycles. The van der Waals surface area contributed by atoms with E-state index in [0.29, 0.717) is 23.6 Å². The van der Waals surface area contributed by atoms with E-state index in [9.17, 15) is 9.90 Å². The Morgan fingerprint density at radius 3 is 2.82 bits per heavy atom. The first kappa shape index (κ1) is 22.9. The normalized spacial score (nSPS) is 14.5. The molecule has 1 aliphatic rings. The fourth-order valence-corrected chi connectivity index (χ4v) is 4.20. The van der Waals surface area contributed by atoms with Gasteiger partial charge in [-0.15, -0.1) is 0 Å². The van der Waals surface area contributed by atoms with Gasteiger partial charge in [0.2, 0.25) is 0 Å². The summed E-state index contributed by atoms with van der Waals surface area (Å²) in [6.07, 6.45) is 6.57. The predicted molar refractivity (Wildman–Crippen MR) is 131 cm³/mol. The molecule has 2 amide bonds. The summed E-state index contributed by atoms with van der Waals surface area (Å²) in [6.45, 7) is 4.67. The molecule has 0 spiro atoms. The van der Waals surface area contributed by atoms with Crippen molar-refractivity contribution in [2.24, 2.45) is 0 Å². The summed E-state index contributed by atoms with van der Waals surface area (Å²) in [5.41, 5.74) is 4.73. The number of fused-ring (bicyclic) bond motifs is 1. The number of hydrogen-bond donors (Lipinski definition) is 3. The second-order valence-electron chi connectivity index (χ2n) is 8.07. The Morgan fingerprint density at radius 2 is 2.06 bits per heavy atom. The number of carbonyl (C=O) groups excluding carboxylic acids is 1. The van der Waals surface area contributed by atoms with Gasteiger partial charge in [0, 0.05) is 23.5 Å². The fourth-order valence-electron chi connectivity index (χ4n) is 3.87. The number of halogens is 1. The van der Waals surface area contributed by atoms with Crippen molar-refractivity contribution in [3.63, 3.8) is 0 Å². The average molecular weight is 467 g/mol. The summed E-state index contributed by atoms with van der Waals surface area (Å²) in [5.74, 6) is 0.343. The second kappa shape index (κ2) is 10.1. The third-order valence-electron chi connectivity index (χ3n) is 5.55. The maximum atomic E-state index is 12.3. The molecule has 2 aromatic heterocycles. The third-order valence-corrected chi connectivity index (χ3v) is 6.08. The van der Waals surface area contributed by atoms with Crippen LogP contribution in [0, 0.1) is 6.92 Å². The van der Waals surface area contributed by atoms with Crippen molar-refractivity contribution in [1.82, 2.24) is 15.0 Å². The SMILES string of the molecule is CCCC(O)C(Cl)N1CCc2cc(-c3cncc(NC(=O)Nc4ccc(C)nc4)n3)ccc21. The topological polar surface area (TPSA) is 103 Å². The minimum atomic E-state index is -0.572. The van der Waals surface area contributed by atoms with Crippen molar-refractivity contribution in [1.29, 1.82) is 0 Å². The van der Waals surface area contributed by atoms with E-state index in [1.807, 2.05) is 32.0 Å². The van der Waals surface area contributed by atoms with E-state index in [1.54, 1.807) is 18.5 Å². The maximum absolute atomic E-state index is 12.3. The summed E-state index contributed by atoms with van der Waals surface area (Å²) in [7, 11) is 0. The van der Waals surface area contributed by atoms with Crippen LogP contribution in [0.2, 0.25) is 0 Å². The predicted octanol–water partition coefficient (Wildman–Crippen LogP) is 4.58. The molecule has 1 aliphatic heterocycles. The number of aliphatic hydroxyl groups is 1. The molecule has 2 atom stereocenters. The van der Waals surface area contributed by atoms with E-state index >= 15 is 0 Å². The lowest BCUT2D eigenvalue weighted by Crippen LogP contribution is -2.38. The monoisotopic (exact) mass is 466 g/mol. The zero-order valence-corrected chi connectivity index (χ0v) is 19.4. The Labute approximate surface area is 198 Å². The van der Waals surface area contributed by atoms with Crippen molar-refractivity contribution in [2.45, 2.75) is 44.7 Å². The zero-order valence-electron chi connectivity index (χ0n) is 18.6. The fraction of sp³-hybridized carbons (Fsp3) is 0.333. The molecule has 3 aromatic rings. The van der Waals surface area contributed by atoms with Crippen LogP contribution in [0.1, 0.15) is 31.0 Å². The number of anilines is 3. The van der Waals surface area contributed by atoms with Gasteiger partial charge in [-0.25, -0.2) is 9.78 Å². The standard InChI is InChI=1S/C24H27ClN6O2/c1-3-4-21(32)23(25)31-10-9-17-11-16(6-8-20(17)31)19-13-26-14-22(29-19)30-24(33)28-18-7-5-15(2)27-12-18/h5-8,11-14,21,23,32H,3-4,9-10H2,1-2H3,(H2,28,29,30,33). The Kier molecular flexibility index (Phi) is 7.05. The largest absolute Gasteiger partial charge is 0.390 e. The van der Waals surface area contributed by atoms with E-state index in [1.165, 1.54) is 6.20 Å². The molecule has 0 saturated carbocycles. The van der Waals surface area contributed by atoms with Crippen LogP contribution >= 0.6 is 11.6 Å². The van der Waals surface area contributed by atoms with Gasteiger partial charge in [-0.3, -0.25) is 15.3 Å². The molecule has 0 saturated heterocycles. The quantitative estimate of drug-likeness (QED) is 0.348. The Morgan fingerprint density at radius 1 is 1.21 bits per heavy atom. The van der Waals surface area contributed by atoms with Crippen molar-refractivity contribution in [2.75, 3.05) is 22.1 Å². The second-order valence-corrected chi connectivity index (χ2v) is 8.52. The molecule has 8 nitrogen and oxygen atoms in total. The van der Waals surface area contributed by atoms with Crippen LogP contribution in [0.5, 0.6) is 0 Å². The van der Waals surface area contributed by atoms with Crippen LogP contribution in [-0.2, 0) is 6.42 Å². The van der Waals surface area contributed by atoms with Gasteiger partial charge < -0.3 is 15.3 Å². The molecule has 33 heavy (non-hydrogen) atoms. The zero-order chi connectivity index (χ0) is 23.4. The number of rotatable bonds is 7. The summed E-state index contributed by atoms with van der Waals surface area (Å²) in [6, 6.07) is 9.21. The van der Waals surface area contributed by atoms with Crippen LogP contribution in [0.3, 0.4) is 0 Å². The highest BCUT2D eigenvalue weighted by Gasteiger charge is 2.29. The third kappa shape index (κ3) is 5.40. The van der Waals surface area contributed by atoms with Gasteiger partial charge in [0.15, 0.2) is 5.82 Å². The van der Waals surface area contributed by atoms with E-state index in [4.69, 9.17) is 11.6 Å². The van der Waals surface area contributed by atoms with Crippen LogP contribution in [-0.4, -0.2) is 44.2 Å². The minimum Gasteiger partial charge on any atom is -0.390 e. The lowest BCUT2D eigenvalue weighted by Gasteiger charge is -2.29. The highest BCUT2D eigenvalue weighted by molar-refractivity contribution is 6.22. The number of hydrogen-bond acceptors (Lipinski definition) is 6. The number of urea groups is 1.